The van der Waals surface area contributed by atoms with Crippen molar-refractivity contribution in [1.29, 1.82) is 10.5 Å². The Bertz CT molecular complexity index is 859. The molecule has 0 spiro atoms. The molecule has 2 amide bonds. The predicted molar refractivity (Wildman–Crippen MR) is 91.2 cm³/mol. The zero-order chi connectivity index (χ0) is 17.9. The summed E-state index contributed by atoms with van der Waals surface area (Å²) in [5, 5.41) is 23.5. The molecule has 3 rings (SSSR count). The fraction of sp³-hybridized carbons (Fsp3) is 0.158. The smallest absolute Gasteiger partial charge is 0.240 e. The number of benzene rings is 2. The third-order valence-corrected chi connectivity index (χ3v) is 4.21. The number of carbonyl (C=O) groups excluding carboxylic acids is 2. The zero-order valence-electron chi connectivity index (χ0n) is 13.2. The standard InChI is InChI=1S/C19H14N4O2/c20-11-13-5-1-3-7-15(13)22-17(24)19(9-10-19)18(25)23-16-8-4-2-6-14(16)12-21/h1-8H,9-10H2,(H,22,24)(H,23,25). The van der Waals surface area contributed by atoms with Gasteiger partial charge in [-0.25, -0.2) is 0 Å². The van der Waals surface area contributed by atoms with Gasteiger partial charge in [0.25, 0.3) is 0 Å². The number of nitrogens with zero attached hydrogens (tertiary/aromatic N) is 2. The maximum Gasteiger partial charge on any atom is 0.240 e. The van der Waals surface area contributed by atoms with Crippen LogP contribution in [0.4, 0.5) is 11.4 Å². The van der Waals surface area contributed by atoms with Crippen molar-refractivity contribution >= 4 is 23.2 Å². The van der Waals surface area contributed by atoms with E-state index >= 15 is 0 Å². The van der Waals surface area contributed by atoms with Crippen molar-refractivity contribution in [2.45, 2.75) is 12.8 Å². The number of amides is 2. The Morgan fingerprint density at radius 2 is 1.20 bits per heavy atom. The van der Waals surface area contributed by atoms with E-state index in [4.69, 9.17) is 10.5 Å². The lowest BCUT2D eigenvalue weighted by Gasteiger charge is -2.16. The van der Waals surface area contributed by atoms with Gasteiger partial charge in [-0.05, 0) is 37.1 Å². The van der Waals surface area contributed by atoms with Crippen LogP contribution in [0.1, 0.15) is 24.0 Å². The molecule has 0 radical (unpaired) electrons. The number of hydrogen-bond donors (Lipinski definition) is 2. The van der Waals surface area contributed by atoms with Crippen molar-refractivity contribution in [3.8, 4) is 12.1 Å². The van der Waals surface area contributed by atoms with Crippen molar-refractivity contribution < 1.29 is 9.59 Å². The Morgan fingerprint density at radius 3 is 1.56 bits per heavy atom. The van der Waals surface area contributed by atoms with E-state index in [1.807, 2.05) is 12.1 Å². The van der Waals surface area contributed by atoms with Crippen molar-refractivity contribution in [2.24, 2.45) is 5.41 Å². The van der Waals surface area contributed by atoms with E-state index in [0.717, 1.165) is 0 Å². The zero-order valence-corrected chi connectivity index (χ0v) is 13.2. The summed E-state index contributed by atoms with van der Waals surface area (Å²) >= 11 is 0. The van der Waals surface area contributed by atoms with Gasteiger partial charge < -0.3 is 10.6 Å². The third kappa shape index (κ3) is 3.06. The fourth-order valence-electron chi connectivity index (χ4n) is 2.55. The summed E-state index contributed by atoms with van der Waals surface area (Å²) in [5.74, 6) is -0.885. The van der Waals surface area contributed by atoms with Crippen LogP contribution < -0.4 is 10.6 Å². The molecular weight excluding hydrogens is 316 g/mol. The second-order valence-corrected chi connectivity index (χ2v) is 5.81. The first-order chi connectivity index (χ1) is 12.1. The summed E-state index contributed by atoms with van der Waals surface area (Å²) < 4.78 is 0. The molecule has 2 aromatic carbocycles. The normalized spacial score (nSPS) is 13.8. The van der Waals surface area contributed by atoms with Gasteiger partial charge in [0.1, 0.15) is 17.6 Å². The van der Waals surface area contributed by atoms with Gasteiger partial charge in [-0.2, -0.15) is 10.5 Å². The van der Waals surface area contributed by atoms with Crippen LogP contribution in [0.2, 0.25) is 0 Å². The minimum absolute atomic E-state index is 0.335. The van der Waals surface area contributed by atoms with E-state index in [-0.39, 0.29) is 0 Å². The van der Waals surface area contributed by atoms with E-state index in [2.05, 4.69) is 10.6 Å². The molecule has 0 bridgehead atoms. The Kier molecular flexibility index (Phi) is 4.20. The average Bonchev–Trinajstić information content (AvgIpc) is 3.44. The summed E-state index contributed by atoms with van der Waals surface area (Å²) in [6.45, 7) is 0. The molecule has 6 heteroatoms. The number of nitriles is 2. The van der Waals surface area contributed by atoms with Crippen LogP contribution in [0.5, 0.6) is 0 Å². The van der Waals surface area contributed by atoms with Gasteiger partial charge in [-0.15, -0.1) is 0 Å². The van der Waals surface area contributed by atoms with Crippen LogP contribution in [-0.2, 0) is 9.59 Å². The molecule has 1 aliphatic rings. The summed E-state index contributed by atoms with van der Waals surface area (Å²) in [7, 11) is 0. The van der Waals surface area contributed by atoms with Crippen LogP contribution in [0.3, 0.4) is 0 Å². The number of anilines is 2. The van der Waals surface area contributed by atoms with E-state index < -0.39 is 17.2 Å². The largest absolute Gasteiger partial charge is 0.324 e. The molecule has 6 nitrogen and oxygen atoms in total. The lowest BCUT2D eigenvalue weighted by Crippen LogP contribution is -2.36. The molecule has 0 heterocycles. The molecule has 0 aromatic heterocycles. The third-order valence-electron chi connectivity index (χ3n) is 4.21. The van der Waals surface area contributed by atoms with Gasteiger partial charge in [0.05, 0.1) is 22.5 Å². The Balaban J connectivity index is 1.78. The molecule has 2 N–H and O–H groups in total. The molecule has 2 aromatic rings. The molecule has 25 heavy (non-hydrogen) atoms. The molecule has 0 unspecified atom stereocenters. The molecule has 0 atom stereocenters. The Morgan fingerprint density at radius 1 is 0.800 bits per heavy atom. The number of rotatable bonds is 4. The minimum atomic E-state index is -1.16. The van der Waals surface area contributed by atoms with Crippen LogP contribution in [0, 0.1) is 28.1 Å². The van der Waals surface area contributed by atoms with Gasteiger partial charge in [0.2, 0.25) is 11.8 Å². The summed E-state index contributed by atoms with van der Waals surface area (Å²) in [4.78, 5) is 25.2. The summed E-state index contributed by atoms with van der Waals surface area (Å²) in [6.07, 6.45) is 0.849. The first-order valence-corrected chi connectivity index (χ1v) is 7.72. The maximum atomic E-state index is 12.6. The first kappa shape index (κ1) is 16.2. The van der Waals surface area contributed by atoms with Gasteiger partial charge in [-0.1, -0.05) is 24.3 Å². The van der Waals surface area contributed by atoms with Gasteiger partial charge in [0, 0.05) is 0 Å². The quantitative estimate of drug-likeness (QED) is 0.841. The highest BCUT2D eigenvalue weighted by molar-refractivity contribution is 6.17. The molecule has 1 saturated carbocycles. The van der Waals surface area contributed by atoms with Crippen molar-refractivity contribution in [2.75, 3.05) is 10.6 Å². The van der Waals surface area contributed by atoms with Crippen LogP contribution in [-0.4, -0.2) is 11.8 Å². The summed E-state index contributed by atoms with van der Waals surface area (Å²) in [6, 6.07) is 17.3. The average molecular weight is 330 g/mol. The molecule has 122 valence electrons. The Hall–Kier alpha value is -3.64. The topological polar surface area (TPSA) is 106 Å². The highest BCUT2D eigenvalue weighted by Crippen LogP contribution is 2.47. The number of para-hydroxylation sites is 2. The van der Waals surface area contributed by atoms with Crippen LogP contribution in [0.15, 0.2) is 48.5 Å². The maximum absolute atomic E-state index is 12.6. The summed E-state index contributed by atoms with van der Waals surface area (Å²) in [5.41, 5.74) is 0.271. The Labute approximate surface area is 144 Å². The van der Waals surface area contributed by atoms with E-state index in [1.165, 1.54) is 0 Å². The molecular formula is C19H14N4O2. The van der Waals surface area contributed by atoms with Crippen molar-refractivity contribution in [3.05, 3.63) is 59.7 Å². The number of hydrogen-bond acceptors (Lipinski definition) is 4. The second kappa shape index (κ2) is 6.46. The SMILES string of the molecule is N#Cc1ccccc1NC(=O)C1(C(=O)Nc2ccccc2C#N)CC1. The lowest BCUT2D eigenvalue weighted by atomic mass is 10.0. The van der Waals surface area contributed by atoms with E-state index in [0.29, 0.717) is 35.3 Å². The van der Waals surface area contributed by atoms with Crippen LogP contribution >= 0.6 is 0 Å². The first-order valence-electron chi connectivity index (χ1n) is 7.72. The molecule has 0 saturated heterocycles. The van der Waals surface area contributed by atoms with Gasteiger partial charge in [-0.3, -0.25) is 9.59 Å². The van der Waals surface area contributed by atoms with E-state index in [1.54, 1.807) is 48.5 Å². The molecule has 1 fully saturated rings. The lowest BCUT2D eigenvalue weighted by molar-refractivity contribution is -0.131. The molecule has 1 aliphatic carbocycles. The fourth-order valence-corrected chi connectivity index (χ4v) is 2.55. The van der Waals surface area contributed by atoms with Crippen molar-refractivity contribution in [3.63, 3.8) is 0 Å². The highest BCUT2D eigenvalue weighted by atomic mass is 16.2. The predicted octanol–water partition coefficient (Wildman–Crippen LogP) is 2.79. The van der Waals surface area contributed by atoms with Gasteiger partial charge >= 0.3 is 0 Å². The number of carbonyl (C=O) groups is 2. The minimum Gasteiger partial charge on any atom is -0.324 e. The molecule has 0 aliphatic heterocycles. The van der Waals surface area contributed by atoms with Gasteiger partial charge in [0.15, 0.2) is 0 Å². The monoisotopic (exact) mass is 330 g/mol. The second-order valence-electron chi connectivity index (χ2n) is 5.81. The van der Waals surface area contributed by atoms with Crippen LogP contribution in [0.25, 0.3) is 0 Å². The number of nitrogens with one attached hydrogen (secondary N) is 2. The highest BCUT2D eigenvalue weighted by Gasteiger charge is 2.56. The van der Waals surface area contributed by atoms with Crippen molar-refractivity contribution in [1.82, 2.24) is 0 Å². The van der Waals surface area contributed by atoms with E-state index in [9.17, 15) is 9.59 Å².